The number of nitrogens with zero attached hydrogens (tertiary/aromatic N) is 5. The van der Waals surface area contributed by atoms with E-state index in [0.717, 1.165) is 23.9 Å². The van der Waals surface area contributed by atoms with Gasteiger partial charge in [0, 0.05) is 25.2 Å². The highest BCUT2D eigenvalue weighted by atomic mass is 35.5. The van der Waals surface area contributed by atoms with Crippen molar-refractivity contribution in [1.29, 1.82) is 0 Å². The molecule has 0 bridgehead atoms. The molecule has 2 aromatic heterocycles. The Balaban J connectivity index is 0.00000336. The van der Waals surface area contributed by atoms with Crippen LogP contribution >= 0.6 is 25.1 Å². The van der Waals surface area contributed by atoms with Crippen LogP contribution in [0.3, 0.4) is 0 Å². The van der Waals surface area contributed by atoms with Crippen molar-refractivity contribution in [1.82, 2.24) is 24.2 Å². The molecule has 10 nitrogen and oxygen atoms in total. The molecule has 1 saturated carbocycles. The number of aromatic nitrogens is 4. The number of benzene rings is 1. The average Bonchev–Trinajstić information content (AvgIpc) is 3.31. The second-order valence-electron chi connectivity index (χ2n) is 9.48. The zero-order chi connectivity index (χ0) is 26.4. The first-order chi connectivity index (χ1) is 17.7. The number of amides is 2. The maximum absolute atomic E-state index is 12.5. The molecule has 0 unspecified atom stereocenters. The predicted octanol–water partition coefficient (Wildman–Crippen LogP) is 2.58. The van der Waals surface area contributed by atoms with Crippen LogP contribution in [0, 0.1) is 11.8 Å². The van der Waals surface area contributed by atoms with Crippen LogP contribution in [-0.4, -0.2) is 66.9 Å². The van der Waals surface area contributed by atoms with E-state index in [2.05, 4.69) is 38.4 Å². The summed E-state index contributed by atoms with van der Waals surface area (Å²) in [6, 6.07) is 3.43. The predicted molar refractivity (Wildman–Crippen MR) is 151 cm³/mol. The first-order valence-corrected chi connectivity index (χ1v) is 12.5. The number of carbonyl (C=O) groups excluding carboxylic acids is 2. The molecule has 12 heteroatoms. The highest BCUT2D eigenvalue weighted by molar-refractivity contribution is 7.59. The lowest BCUT2D eigenvalue weighted by molar-refractivity contribution is -0.128. The molecule has 2 amide bonds. The topological polar surface area (TPSA) is 131 Å². The third-order valence-electron chi connectivity index (χ3n) is 6.99. The zero-order valence-corrected chi connectivity index (χ0v) is 22.9. The van der Waals surface area contributed by atoms with Crippen LogP contribution in [0.5, 0.6) is 0 Å². The average molecular weight is 556 g/mol. The Morgan fingerprint density at radius 3 is 2.66 bits per heavy atom. The molecule has 200 valence electrons. The number of nitrogens with two attached hydrogens (primary N) is 1. The normalized spacial score (nSPS) is 19.4. The third kappa shape index (κ3) is 4.87. The molecular weight excluding hydrogens is 526 g/mol. The van der Waals surface area contributed by atoms with E-state index >= 15 is 0 Å². The molecule has 2 fully saturated rings. The van der Waals surface area contributed by atoms with Gasteiger partial charge in [0.25, 0.3) is 5.91 Å². The van der Waals surface area contributed by atoms with Gasteiger partial charge in [-0.2, -0.15) is 18.6 Å². The largest absolute Gasteiger partial charge is 0.391 e. The minimum Gasteiger partial charge on any atom is -0.391 e. The fraction of sp³-hybridized carbons (Fsp3) is 0.385. The highest BCUT2D eigenvalue weighted by Gasteiger charge is 2.40. The quantitative estimate of drug-likeness (QED) is 0.316. The number of aliphatic hydroxyl groups is 1. The monoisotopic (exact) mass is 555 g/mol. The summed E-state index contributed by atoms with van der Waals surface area (Å²) in [4.78, 5) is 30.9. The van der Waals surface area contributed by atoms with Crippen molar-refractivity contribution >= 4 is 53.8 Å². The Morgan fingerprint density at radius 1 is 1.32 bits per heavy atom. The second kappa shape index (κ2) is 10.7. The lowest BCUT2D eigenvalue weighted by Crippen LogP contribution is -2.40. The molecule has 1 aliphatic carbocycles. The van der Waals surface area contributed by atoms with Gasteiger partial charge in [0.1, 0.15) is 11.4 Å². The molecule has 3 heterocycles. The van der Waals surface area contributed by atoms with Crippen LogP contribution in [0.15, 0.2) is 31.1 Å². The number of primary amides is 1. The summed E-state index contributed by atoms with van der Waals surface area (Å²) in [6.07, 6.45) is 5.00. The van der Waals surface area contributed by atoms with Gasteiger partial charge in [0.15, 0.2) is 5.69 Å². The summed E-state index contributed by atoms with van der Waals surface area (Å²) < 4.78 is 3.75. The summed E-state index contributed by atoms with van der Waals surface area (Å²) in [5.41, 5.74) is 8.38. The first kappa shape index (κ1) is 27.6. The highest BCUT2D eigenvalue weighted by Crippen LogP contribution is 2.38. The minimum absolute atomic E-state index is 0. The van der Waals surface area contributed by atoms with Gasteiger partial charge in [-0.05, 0) is 50.3 Å². The van der Waals surface area contributed by atoms with E-state index in [4.69, 9.17) is 17.3 Å². The van der Waals surface area contributed by atoms with Gasteiger partial charge in [0.2, 0.25) is 5.91 Å². The molecule has 5 rings (SSSR count). The molecule has 3 aromatic rings. The van der Waals surface area contributed by atoms with Gasteiger partial charge in [-0.25, -0.2) is 9.67 Å². The number of hydrogen-bond donors (Lipinski definition) is 3. The van der Waals surface area contributed by atoms with Gasteiger partial charge < -0.3 is 25.6 Å². The van der Waals surface area contributed by atoms with E-state index in [1.54, 1.807) is 23.6 Å². The Labute approximate surface area is 232 Å². The summed E-state index contributed by atoms with van der Waals surface area (Å²) in [5, 5.41) is 18.4. The number of aliphatic hydroxyl groups excluding tert-OH is 1. The molecule has 1 aliphatic heterocycles. The number of anilines is 1. The molecule has 38 heavy (non-hydrogen) atoms. The van der Waals surface area contributed by atoms with Crippen LogP contribution in [0.25, 0.3) is 11.0 Å². The lowest BCUT2D eigenvalue weighted by Gasteiger charge is -2.25. The molecule has 0 radical (unpaired) electrons. The van der Waals surface area contributed by atoms with Crippen LogP contribution in [0.4, 0.5) is 5.82 Å². The molecule has 2 aliphatic rings. The van der Waals surface area contributed by atoms with Crippen molar-refractivity contribution in [2.45, 2.75) is 50.4 Å². The van der Waals surface area contributed by atoms with Crippen LogP contribution < -0.4 is 11.1 Å². The Hall–Kier alpha value is -3.46. The van der Waals surface area contributed by atoms with E-state index in [-0.39, 0.29) is 43.2 Å². The lowest BCUT2D eigenvalue weighted by atomic mass is 10.1. The van der Waals surface area contributed by atoms with Crippen LogP contribution in [0.2, 0.25) is 5.02 Å². The number of fused-ring (bicyclic) bond motifs is 1. The van der Waals surface area contributed by atoms with E-state index in [1.165, 1.54) is 6.08 Å². The van der Waals surface area contributed by atoms with E-state index < -0.39 is 18.1 Å². The molecule has 1 aromatic carbocycles. The van der Waals surface area contributed by atoms with Crippen molar-refractivity contribution in [2.24, 2.45) is 5.73 Å². The minimum atomic E-state index is -0.752. The van der Waals surface area contributed by atoms with Crippen LogP contribution in [0.1, 0.15) is 59.9 Å². The molecule has 3 atom stereocenters. The van der Waals surface area contributed by atoms with Crippen LogP contribution in [-0.2, 0) is 4.79 Å². The third-order valence-corrected chi connectivity index (χ3v) is 7.31. The summed E-state index contributed by atoms with van der Waals surface area (Å²) in [5.74, 6) is 5.42. The smallest absolute Gasteiger partial charge is 0.255 e. The molecule has 4 N–H and O–H groups in total. The van der Waals surface area contributed by atoms with Crippen molar-refractivity contribution in [3.63, 3.8) is 0 Å². The number of rotatable bonds is 6. The number of nitrogens with one attached hydrogen (secondary N) is 1. The fourth-order valence-corrected chi connectivity index (χ4v) is 5.23. The van der Waals surface area contributed by atoms with E-state index in [9.17, 15) is 14.7 Å². The van der Waals surface area contributed by atoms with Gasteiger partial charge in [0.05, 0.1) is 40.6 Å². The Kier molecular flexibility index (Phi) is 7.78. The summed E-state index contributed by atoms with van der Waals surface area (Å²) >= 11 is 6.56. The summed E-state index contributed by atoms with van der Waals surface area (Å²) in [7, 11) is 1.66. The molecule has 0 spiro atoms. The van der Waals surface area contributed by atoms with Crippen molar-refractivity contribution in [3.8, 4) is 11.8 Å². The van der Waals surface area contributed by atoms with Crippen molar-refractivity contribution in [2.75, 3.05) is 18.9 Å². The van der Waals surface area contributed by atoms with Crippen molar-refractivity contribution < 1.29 is 14.7 Å². The van der Waals surface area contributed by atoms with Gasteiger partial charge in [-0.15, -0.1) is 0 Å². The second-order valence-corrected chi connectivity index (χ2v) is 9.88. The number of hydrogen-bond acceptors (Lipinski definition) is 6. The number of carbonyl (C=O) groups is 2. The van der Waals surface area contributed by atoms with E-state index in [0.29, 0.717) is 28.9 Å². The molecule has 1 saturated heterocycles. The SMILES string of the molecule is C=CC(=O)N1C[C@@H](n2nc(C#Cc3cc4ncn(C5CC5)c4cc3Cl)c(C(N)=O)c2NC)C[C@@H]1[C@@H](C)O.S. The Bertz CT molecular complexity index is 1480. The van der Waals surface area contributed by atoms with Gasteiger partial charge in [-0.3, -0.25) is 9.59 Å². The fourth-order valence-electron chi connectivity index (χ4n) is 5.02. The van der Waals surface area contributed by atoms with Gasteiger partial charge >= 0.3 is 0 Å². The summed E-state index contributed by atoms with van der Waals surface area (Å²) in [6.45, 7) is 5.48. The first-order valence-electron chi connectivity index (χ1n) is 12.1. The van der Waals surface area contributed by atoms with E-state index in [1.807, 2.05) is 18.5 Å². The maximum Gasteiger partial charge on any atom is 0.255 e. The standard InChI is InChI=1S/C26H28ClN7O3.H2S/c1-4-23(36)32-12-17(10-21(32)14(2)35)34-26(29-3)24(25(28)37)19(31-34)8-5-15-9-20-22(11-18(15)27)33(13-30-20)16-6-7-16;/h4,9,11,13-14,16-17,21,29,35H,1,6-7,10,12H2,2-3H3,(H2,28,37);1H2/t14-,17+,21-;/m1./s1. The molecular formula is C26H30ClN7O3S. The Morgan fingerprint density at radius 2 is 2.05 bits per heavy atom. The zero-order valence-electron chi connectivity index (χ0n) is 21.1. The van der Waals surface area contributed by atoms with Crippen molar-refractivity contribution in [3.05, 3.63) is 53.0 Å². The maximum atomic E-state index is 12.5. The number of likely N-dealkylation sites (tertiary alicyclic amines) is 1. The number of imidazole rings is 1. The number of halogens is 1. The van der Waals surface area contributed by atoms with Gasteiger partial charge in [-0.1, -0.05) is 24.1 Å².